The highest BCUT2D eigenvalue weighted by atomic mass is 35.5. The van der Waals surface area contributed by atoms with E-state index < -0.39 is 10.0 Å². The minimum atomic E-state index is -3.51. The third kappa shape index (κ3) is 4.37. The van der Waals surface area contributed by atoms with E-state index in [1.54, 1.807) is 12.1 Å². The van der Waals surface area contributed by atoms with Crippen LogP contribution < -0.4 is 10.5 Å². The molecule has 0 aliphatic rings. The Labute approximate surface area is 130 Å². The van der Waals surface area contributed by atoms with Crippen LogP contribution in [0.5, 0.6) is 0 Å². The highest BCUT2D eigenvalue weighted by molar-refractivity contribution is 7.92. The van der Waals surface area contributed by atoms with Gasteiger partial charge in [0.25, 0.3) is 0 Å². The van der Waals surface area contributed by atoms with Crippen LogP contribution in [0.2, 0.25) is 5.02 Å². The van der Waals surface area contributed by atoms with E-state index in [1.165, 1.54) is 6.07 Å². The largest absolute Gasteiger partial charge is 0.397 e. The van der Waals surface area contributed by atoms with Crippen molar-refractivity contribution < 1.29 is 8.42 Å². The van der Waals surface area contributed by atoms with Crippen LogP contribution in [0.15, 0.2) is 48.5 Å². The van der Waals surface area contributed by atoms with Gasteiger partial charge in [-0.25, -0.2) is 8.42 Å². The predicted octanol–water partition coefficient (Wildman–Crippen LogP) is 3.47. The molecule has 2 aromatic rings. The highest BCUT2D eigenvalue weighted by Crippen LogP contribution is 2.25. The summed E-state index contributed by atoms with van der Waals surface area (Å²) in [5.74, 6) is -0.146. The van der Waals surface area contributed by atoms with Gasteiger partial charge in [-0.1, -0.05) is 48.9 Å². The first kappa shape index (κ1) is 15.7. The van der Waals surface area contributed by atoms with Gasteiger partial charge in [0.1, 0.15) is 0 Å². The zero-order valence-electron chi connectivity index (χ0n) is 11.6. The van der Waals surface area contributed by atoms with Gasteiger partial charge in [0, 0.05) is 5.02 Å². The maximum atomic E-state index is 12.2. The third-order valence-corrected chi connectivity index (χ3v) is 4.82. The molecule has 0 amide bonds. The molecule has 2 aromatic carbocycles. The second-order valence-corrected chi connectivity index (χ2v) is 7.13. The summed E-state index contributed by atoms with van der Waals surface area (Å²) in [4.78, 5) is 0. The molecular weight excluding hydrogens is 308 g/mol. The molecule has 112 valence electrons. The Kier molecular flexibility index (Phi) is 4.75. The maximum Gasteiger partial charge on any atom is 0.233 e. The molecule has 0 aliphatic heterocycles. The van der Waals surface area contributed by atoms with Crippen molar-refractivity contribution in [2.45, 2.75) is 12.8 Å². The van der Waals surface area contributed by atoms with E-state index in [0.29, 0.717) is 16.4 Å². The summed E-state index contributed by atoms with van der Waals surface area (Å²) in [7, 11) is -3.51. The van der Waals surface area contributed by atoms with Crippen molar-refractivity contribution in [3.8, 4) is 0 Å². The van der Waals surface area contributed by atoms with Crippen molar-refractivity contribution in [2.75, 3.05) is 16.2 Å². The molecule has 0 saturated carbocycles. The van der Waals surface area contributed by atoms with Crippen LogP contribution >= 0.6 is 11.6 Å². The number of rotatable bonds is 5. The van der Waals surface area contributed by atoms with Crippen molar-refractivity contribution in [2.24, 2.45) is 0 Å². The van der Waals surface area contributed by atoms with E-state index in [1.807, 2.05) is 37.3 Å². The Morgan fingerprint density at radius 1 is 1.19 bits per heavy atom. The first-order valence-electron chi connectivity index (χ1n) is 6.48. The zero-order chi connectivity index (χ0) is 15.5. The van der Waals surface area contributed by atoms with E-state index in [-0.39, 0.29) is 11.7 Å². The van der Waals surface area contributed by atoms with E-state index in [0.717, 1.165) is 5.56 Å². The Balaban J connectivity index is 2.14. The summed E-state index contributed by atoms with van der Waals surface area (Å²) in [5, 5.41) is 0.429. The summed E-state index contributed by atoms with van der Waals surface area (Å²) in [5.41, 5.74) is 7.38. The fraction of sp³-hybridized carbons (Fsp3) is 0.200. The lowest BCUT2D eigenvalue weighted by atomic mass is 10.0. The van der Waals surface area contributed by atoms with Crippen LogP contribution in [0.4, 0.5) is 11.4 Å². The lowest BCUT2D eigenvalue weighted by Gasteiger charge is -2.15. The number of hydrogen-bond donors (Lipinski definition) is 2. The summed E-state index contributed by atoms with van der Waals surface area (Å²) in [6.07, 6.45) is 0. The SMILES string of the molecule is CC(CS(=O)(=O)Nc1cc(Cl)ccc1N)c1ccccc1. The average Bonchev–Trinajstić information content (AvgIpc) is 2.43. The molecule has 1 atom stereocenters. The van der Waals surface area contributed by atoms with E-state index >= 15 is 0 Å². The molecule has 0 spiro atoms. The second-order valence-electron chi connectivity index (χ2n) is 4.93. The Hall–Kier alpha value is -1.72. The molecule has 0 fully saturated rings. The fourth-order valence-electron chi connectivity index (χ4n) is 2.03. The van der Waals surface area contributed by atoms with Gasteiger partial charge < -0.3 is 5.73 Å². The standard InChI is InChI=1S/C15H17ClN2O2S/c1-11(12-5-3-2-4-6-12)10-21(19,20)18-15-9-13(16)7-8-14(15)17/h2-9,11,18H,10,17H2,1H3. The Bertz CT molecular complexity index is 718. The van der Waals surface area contributed by atoms with Gasteiger partial charge in [-0.05, 0) is 29.7 Å². The predicted molar refractivity (Wildman–Crippen MR) is 88.1 cm³/mol. The van der Waals surface area contributed by atoms with Crippen LogP contribution in [-0.4, -0.2) is 14.2 Å². The Morgan fingerprint density at radius 2 is 1.86 bits per heavy atom. The molecule has 0 heterocycles. The summed E-state index contributed by atoms with van der Waals surface area (Å²) in [6.45, 7) is 1.87. The maximum absolute atomic E-state index is 12.2. The molecule has 6 heteroatoms. The number of benzene rings is 2. The number of halogens is 1. The first-order chi connectivity index (χ1) is 9.87. The smallest absolute Gasteiger partial charge is 0.233 e. The van der Waals surface area contributed by atoms with Crippen LogP contribution in [0, 0.1) is 0 Å². The lowest BCUT2D eigenvalue weighted by molar-refractivity contribution is 0.596. The molecular formula is C15H17ClN2O2S. The van der Waals surface area contributed by atoms with Crippen molar-refractivity contribution in [1.29, 1.82) is 0 Å². The number of nitrogens with two attached hydrogens (primary N) is 1. The van der Waals surface area contributed by atoms with Gasteiger partial charge in [-0.15, -0.1) is 0 Å². The molecule has 1 unspecified atom stereocenters. The number of nitrogen functional groups attached to an aromatic ring is 1. The normalized spacial score (nSPS) is 12.9. The van der Waals surface area contributed by atoms with E-state index in [4.69, 9.17) is 17.3 Å². The number of sulfonamides is 1. The molecule has 0 aliphatic carbocycles. The molecule has 4 nitrogen and oxygen atoms in total. The quantitative estimate of drug-likeness (QED) is 0.827. The molecule has 2 rings (SSSR count). The molecule has 21 heavy (non-hydrogen) atoms. The summed E-state index contributed by atoms with van der Waals surface area (Å²) in [6, 6.07) is 14.2. The second kappa shape index (κ2) is 6.37. The van der Waals surface area contributed by atoms with Crippen LogP contribution in [0.1, 0.15) is 18.4 Å². The first-order valence-corrected chi connectivity index (χ1v) is 8.51. The van der Waals surface area contributed by atoms with Gasteiger partial charge >= 0.3 is 0 Å². The van der Waals surface area contributed by atoms with Crippen molar-refractivity contribution in [3.63, 3.8) is 0 Å². The molecule has 0 radical (unpaired) electrons. The van der Waals surface area contributed by atoms with Gasteiger partial charge in [0.2, 0.25) is 10.0 Å². The molecule has 0 bridgehead atoms. The monoisotopic (exact) mass is 324 g/mol. The van der Waals surface area contributed by atoms with Crippen LogP contribution in [0.25, 0.3) is 0 Å². The summed E-state index contributed by atoms with van der Waals surface area (Å²) >= 11 is 5.86. The topological polar surface area (TPSA) is 72.2 Å². The fourth-order valence-corrected chi connectivity index (χ4v) is 3.65. The van der Waals surface area contributed by atoms with E-state index in [9.17, 15) is 8.42 Å². The zero-order valence-corrected chi connectivity index (χ0v) is 13.2. The molecule has 3 N–H and O–H groups in total. The Morgan fingerprint density at radius 3 is 2.52 bits per heavy atom. The number of anilines is 2. The minimum absolute atomic E-state index is 0.0248. The van der Waals surface area contributed by atoms with Gasteiger partial charge in [0.05, 0.1) is 17.1 Å². The summed E-state index contributed by atoms with van der Waals surface area (Å²) < 4.78 is 27.0. The van der Waals surface area contributed by atoms with E-state index in [2.05, 4.69) is 4.72 Å². The van der Waals surface area contributed by atoms with Gasteiger partial charge in [-0.3, -0.25) is 4.72 Å². The molecule has 0 aromatic heterocycles. The number of hydrogen-bond acceptors (Lipinski definition) is 3. The average molecular weight is 325 g/mol. The van der Waals surface area contributed by atoms with Crippen molar-refractivity contribution in [3.05, 3.63) is 59.1 Å². The third-order valence-electron chi connectivity index (χ3n) is 3.12. The van der Waals surface area contributed by atoms with Crippen LogP contribution in [-0.2, 0) is 10.0 Å². The van der Waals surface area contributed by atoms with Gasteiger partial charge in [-0.2, -0.15) is 0 Å². The molecule has 0 saturated heterocycles. The van der Waals surface area contributed by atoms with Crippen molar-refractivity contribution >= 4 is 33.0 Å². The van der Waals surface area contributed by atoms with Gasteiger partial charge in [0.15, 0.2) is 0 Å². The van der Waals surface area contributed by atoms with Crippen molar-refractivity contribution in [1.82, 2.24) is 0 Å². The highest BCUT2D eigenvalue weighted by Gasteiger charge is 2.18. The minimum Gasteiger partial charge on any atom is -0.397 e. The van der Waals surface area contributed by atoms with Crippen LogP contribution in [0.3, 0.4) is 0 Å². The lowest BCUT2D eigenvalue weighted by Crippen LogP contribution is -2.21. The number of nitrogens with one attached hydrogen (secondary N) is 1.